The van der Waals surface area contributed by atoms with Gasteiger partial charge in [-0.2, -0.15) is 0 Å². The van der Waals surface area contributed by atoms with E-state index in [0.29, 0.717) is 23.6 Å². The Morgan fingerprint density at radius 2 is 1.83 bits per heavy atom. The third kappa shape index (κ3) is 4.15. The maximum Gasteiger partial charge on any atom is 0.309 e. The van der Waals surface area contributed by atoms with Gasteiger partial charge in [-0.1, -0.05) is 18.5 Å². The number of carbonyl (C=O) groups is 2. The molecular formula is C14H17ClO3. The molecule has 1 atom stereocenters. The first-order valence-corrected chi connectivity index (χ1v) is 6.41. The zero-order valence-electron chi connectivity index (χ0n) is 10.6. The van der Waals surface area contributed by atoms with Crippen molar-refractivity contribution in [3.8, 4) is 0 Å². The summed E-state index contributed by atoms with van der Waals surface area (Å²) in [4.78, 5) is 23.6. The second-order valence-corrected chi connectivity index (χ2v) is 4.43. The lowest BCUT2D eigenvalue weighted by molar-refractivity contribution is -0.148. The zero-order valence-corrected chi connectivity index (χ0v) is 11.4. The van der Waals surface area contributed by atoms with Gasteiger partial charge in [0.2, 0.25) is 0 Å². The van der Waals surface area contributed by atoms with Gasteiger partial charge in [-0.15, -0.1) is 0 Å². The van der Waals surface area contributed by atoms with Gasteiger partial charge in [-0.25, -0.2) is 0 Å². The van der Waals surface area contributed by atoms with Crippen LogP contribution in [-0.4, -0.2) is 18.4 Å². The third-order valence-electron chi connectivity index (χ3n) is 2.71. The smallest absolute Gasteiger partial charge is 0.309 e. The van der Waals surface area contributed by atoms with Crippen LogP contribution in [0.15, 0.2) is 24.3 Å². The molecule has 1 rings (SSSR count). The van der Waals surface area contributed by atoms with E-state index in [2.05, 4.69) is 0 Å². The van der Waals surface area contributed by atoms with Crippen molar-refractivity contribution in [3.05, 3.63) is 34.9 Å². The summed E-state index contributed by atoms with van der Waals surface area (Å²) in [6.07, 6.45) is 0.773. The minimum absolute atomic E-state index is 0.0634. The van der Waals surface area contributed by atoms with Crippen molar-refractivity contribution in [1.29, 1.82) is 0 Å². The molecule has 18 heavy (non-hydrogen) atoms. The number of benzene rings is 1. The fraction of sp³-hybridized carbons (Fsp3) is 0.429. The number of hydrogen-bond donors (Lipinski definition) is 0. The first kappa shape index (κ1) is 14.7. The highest BCUT2D eigenvalue weighted by atomic mass is 35.5. The Labute approximate surface area is 112 Å². The molecule has 4 heteroatoms. The van der Waals surface area contributed by atoms with Crippen LogP contribution < -0.4 is 0 Å². The predicted molar refractivity (Wildman–Crippen MR) is 70.8 cm³/mol. The molecule has 0 spiro atoms. The lowest BCUT2D eigenvalue weighted by Crippen LogP contribution is -2.20. The molecule has 0 amide bonds. The second-order valence-electron chi connectivity index (χ2n) is 3.99. The Balaban J connectivity index is 2.67. The summed E-state index contributed by atoms with van der Waals surface area (Å²) in [5.74, 6) is -0.734. The summed E-state index contributed by atoms with van der Waals surface area (Å²) in [7, 11) is 0. The van der Waals surface area contributed by atoms with Gasteiger partial charge in [-0.05, 0) is 37.6 Å². The number of ether oxygens (including phenoxy) is 1. The normalized spacial score (nSPS) is 11.9. The molecule has 0 radical (unpaired) electrons. The summed E-state index contributed by atoms with van der Waals surface area (Å²) >= 11 is 5.76. The number of Topliss-reactive ketones (excluding diaryl/α,β-unsaturated/α-hetero) is 1. The third-order valence-corrected chi connectivity index (χ3v) is 2.96. The molecule has 0 N–H and O–H groups in total. The first-order chi connectivity index (χ1) is 8.58. The molecule has 1 aromatic carbocycles. The molecule has 0 saturated carbocycles. The van der Waals surface area contributed by atoms with Gasteiger partial charge in [0, 0.05) is 17.0 Å². The van der Waals surface area contributed by atoms with Gasteiger partial charge in [-0.3, -0.25) is 9.59 Å². The average molecular weight is 269 g/mol. The molecule has 0 aliphatic rings. The van der Waals surface area contributed by atoms with Crippen molar-refractivity contribution < 1.29 is 14.3 Å². The van der Waals surface area contributed by atoms with Gasteiger partial charge in [0.05, 0.1) is 12.5 Å². The monoisotopic (exact) mass is 268 g/mol. The number of hydrogen-bond acceptors (Lipinski definition) is 3. The molecule has 0 bridgehead atoms. The van der Waals surface area contributed by atoms with E-state index in [1.165, 1.54) is 0 Å². The van der Waals surface area contributed by atoms with Crippen molar-refractivity contribution in [1.82, 2.24) is 0 Å². The van der Waals surface area contributed by atoms with Crippen molar-refractivity contribution in [2.45, 2.75) is 26.7 Å². The molecular weight excluding hydrogens is 252 g/mol. The van der Waals surface area contributed by atoms with Crippen LogP contribution in [0.1, 0.15) is 37.0 Å². The number of halogens is 1. The molecule has 0 aliphatic carbocycles. The molecule has 0 aromatic heterocycles. The minimum Gasteiger partial charge on any atom is -0.466 e. The number of carbonyl (C=O) groups excluding carboxylic acids is 2. The molecule has 3 nitrogen and oxygen atoms in total. The summed E-state index contributed by atoms with van der Waals surface area (Å²) < 4.78 is 4.94. The van der Waals surface area contributed by atoms with E-state index in [4.69, 9.17) is 16.3 Å². The van der Waals surface area contributed by atoms with Crippen LogP contribution in [0.25, 0.3) is 0 Å². The number of esters is 1. The Hall–Kier alpha value is -1.35. The Kier molecular flexibility index (Phi) is 5.86. The molecule has 0 heterocycles. The maximum absolute atomic E-state index is 12.0. The summed E-state index contributed by atoms with van der Waals surface area (Å²) in [5.41, 5.74) is 0.571. The minimum atomic E-state index is -0.367. The molecule has 0 saturated heterocycles. The van der Waals surface area contributed by atoms with Crippen molar-refractivity contribution in [2.75, 3.05) is 6.61 Å². The fourth-order valence-corrected chi connectivity index (χ4v) is 1.76. The van der Waals surface area contributed by atoms with Crippen molar-refractivity contribution in [3.63, 3.8) is 0 Å². The van der Waals surface area contributed by atoms with Gasteiger partial charge >= 0.3 is 5.97 Å². The SMILES string of the molecule is CCOC(=O)C(CC)CC(=O)c1ccc(Cl)cc1. The number of rotatable bonds is 6. The highest BCUT2D eigenvalue weighted by molar-refractivity contribution is 6.30. The molecule has 1 unspecified atom stereocenters. The van der Waals surface area contributed by atoms with Crippen molar-refractivity contribution in [2.24, 2.45) is 5.92 Å². The lowest BCUT2D eigenvalue weighted by Gasteiger charge is -2.12. The van der Waals surface area contributed by atoms with Crippen LogP contribution in [0.4, 0.5) is 0 Å². The Morgan fingerprint density at radius 3 is 2.33 bits per heavy atom. The van der Waals surface area contributed by atoms with E-state index in [-0.39, 0.29) is 24.1 Å². The highest BCUT2D eigenvalue weighted by Crippen LogP contribution is 2.17. The predicted octanol–water partition coefficient (Wildman–Crippen LogP) is 3.50. The van der Waals surface area contributed by atoms with E-state index in [9.17, 15) is 9.59 Å². The molecule has 98 valence electrons. The molecule has 1 aromatic rings. The van der Waals surface area contributed by atoms with E-state index in [0.717, 1.165) is 0 Å². The van der Waals surface area contributed by atoms with E-state index in [1.54, 1.807) is 31.2 Å². The largest absolute Gasteiger partial charge is 0.466 e. The van der Waals surface area contributed by atoms with Gasteiger partial charge < -0.3 is 4.74 Å². The lowest BCUT2D eigenvalue weighted by atomic mass is 9.96. The van der Waals surface area contributed by atoms with Crippen LogP contribution in [0.3, 0.4) is 0 Å². The Bertz CT molecular complexity index is 412. The highest BCUT2D eigenvalue weighted by Gasteiger charge is 2.21. The van der Waals surface area contributed by atoms with Crippen LogP contribution in [0, 0.1) is 5.92 Å². The Morgan fingerprint density at radius 1 is 1.22 bits per heavy atom. The summed E-state index contributed by atoms with van der Waals surface area (Å²) in [5, 5.41) is 0.587. The van der Waals surface area contributed by atoms with Gasteiger partial charge in [0.15, 0.2) is 5.78 Å². The average Bonchev–Trinajstić information content (AvgIpc) is 2.36. The number of ketones is 1. The second kappa shape index (κ2) is 7.17. The summed E-state index contributed by atoms with van der Waals surface area (Å²) in [6, 6.07) is 6.67. The van der Waals surface area contributed by atoms with Crippen LogP contribution in [0.2, 0.25) is 5.02 Å². The topological polar surface area (TPSA) is 43.4 Å². The van der Waals surface area contributed by atoms with Crippen molar-refractivity contribution >= 4 is 23.4 Å². The van der Waals surface area contributed by atoms with Gasteiger partial charge in [0.25, 0.3) is 0 Å². The van der Waals surface area contributed by atoms with E-state index >= 15 is 0 Å². The van der Waals surface area contributed by atoms with Crippen LogP contribution in [0.5, 0.6) is 0 Å². The standard InChI is InChI=1S/C14H17ClO3/c1-3-10(14(17)18-4-2)9-13(16)11-5-7-12(15)8-6-11/h5-8,10H,3-4,9H2,1-2H3. The fourth-order valence-electron chi connectivity index (χ4n) is 1.63. The molecule has 0 aliphatic heterocycles. The quantitative estimate of drug-likeness (QED) is 0.586. The molecule has 0 fully saturated rings. The summed E-state index contributed by atoms with van der Waals surface area (Å²) in [6.45, 7) is 3.97. The first-order valence-electron chi connectivity index (χ1n) is 6.03. The van der Waals surface area contributed by atoms with E-state index < -0.39 is 0 Å². The zero-order chi connectivity index (χ0) is 13.5. The van der Waals surface area contributed by atoms with E-state index in [1.807, 2.05) is 6.92 Å². The van der Waals surface area contributed by atoms with Crippen LogP contribution >= 0.6 is 11.6 Å². The maximum atomic E-state index is 12.0. The van der Waals surface area contributed by atoms with Crippen LogP contribution in [-0.2, 0) is 9.53 Å². The van der Waals surface area contributed by atoms with Gasteiger partial charge in [0.1, 0.15) is 0 Å².